The molecule has 1 saturated heterocycles. The molecule has 0 bridgehead atoms. The molecule has 2 rings (SSSR count). The number of carbonyl (C=O) groups excluding carboxylic acids is 1. The van der Waals surface area contributed by atoms with Gasteiger partial charge in [0.2, 0.25) is 5.91 Å². The highest BCUT2D eigenvalue weighted by atomic mass is 16.2. The van der Waals surface area contributed by atoms with Crippen molar-refractivity contribution in [2.45, 2.75) is 13.3 Å². The van der Waals surface area contributed by atoms with Gasteiger partial charge in [-0.1, -0.05) is 42.0 Å². The summed E-state index contributed by atoms with van der Waals surface area (Å²) in [6.45, 7) is 5.75. The van der Waals surface area contributed by atoms with Gasteiger partial charge in [0, 0.05) is 39.6 Å². The first-order valence-corrected chi connectivity index (χ1v) is 6.83. The first kappa shape index (κ1) is 13.8. The molecule has 1 heterocycles. The Morgan fingerprint density at radius 3 is 2.68 bits per heavy atom. The third-order valence-corrected chi connectivity index (χ3v) is 3.50. The molecule has 0 radical (unpaired) electrons. The molecule has 1 fully saturated rings. The average molecular weight is 258 g/mol. The summed E-state index contributed by atoms with van der Waals surface area (Å²) in [5, 5.41) is 0. The highest BCUT2D eigenvalue weighted by molar-refractivity contribution is 5.76. The third kappa shape index (κ3) is 4.21. The summed E-state index contributed by atoms with van der Waals surface area (Å²) in [5.41, 5.74) is 2.58. The summed E-state index contributed by atoms with van der Waals surface area (Å²) in [6, 6.07) is 10.4. The Kier molecular flexibility index (Phi) is 4.74. The molecule has 19 heavy (non-hydrogen) atoms. The Labute approximate surface area is 115 Å². The highest BCUT2D eigenvalue weighted by Crippen LogP contribution is 2.10. The van der Waals surface area contributed by atoms with Crippen molar-refractivity contribution in [3.05, 3.63) is 41.5 Å². The van der Waals surface area contributed by atoms with Gasteiger partial charge < -0.3 is 4.90 Å². The van der Waals surface area contributed by atoms with Crippen molar-refractivity contribution in [3.63, 3.8) is 0 Å². The van der Waals surface area contributed by atoms with Crippen LogP contribution in [0, 0.1) is 0 Å². The maximum Gasteiger partial charge on any atom is 0.223 e. The minimum Gasteiger partial charge on any atom is -0.344 e. The van der Waals surface area contributed by atoms with Crippen LogP contribution >= 0.6 is 0 Å². The molecule has 102 valence electrons. The van der Waals surface area contributed by atoms with Gasteiger partial charge in [-0.3, -0.25) is 9.69 Å². The number of rotatable bonds is 3. The molecule has 0 aliphatic carbocycles. The van der Waals surface area contributed by atoms with Gasteiger partial charge in [0.05, 0.1) is 0 Å². The Morgan fingerprint density at radius 2 is 1.95 bits per heavy atom. The molecular formula is C16H22N2O. The summed E-state index contributed by atoms with van der Waals surface area (Å²) >= 11 is 0. The van der Waals surface area contributed by atoms with Crippen molar-refractivity contribution in [3.8, 4) is 0 Å². The second-order valence-corrected chi connectivity index (χ2v) is 5.24. The van der Waals surface area contributed by atoms with Gasteiger partial charge >= 0.3 is 0 Å². The molecule has 1 aromatic rings. The normalized spacial score (nSPS) is 18.5. The SMILES string of the molecule is C/C(=C\c1ccccc1)CN1CCC(=O)N(C)CC1. The summed E-state index contributed by atoms with van der Waals surface area (Å²) in [5.74, 6) is 0.257. The first-order chi connectivity index (χ1) is 9.15. The molecule has 1 aliphatic heterocycles. The Morgan fingerprint density at radius 1 is 1.21 bits per heavy atom. The van der Waals surface area contributed by atoms with E-state index in [2.05, 4.69) is 42.2 Å². The van der Waals surface area contributed by atoms with E-state index in [4.69, 9.17) is 0 Å². The molecule has 3 nitrogen and oxygen atoms in total. The van der Waals surface area contributed by atoms with E-state index in [-0.39, 0.29) is 5.91 Å². The van der Waals surface area contributed by atoms with Gasteiger partial charge in [0.25, 0.3) is 0 Å². The van der Waals surface area contributed by atoms with Crippen LogP contribution in [-0.4, -0.2) is 48.9 Å². The van der Waals surface area contributed by atoms with Crippen LogP contribution in [0.5, 0.6) is 0 Å². The highest BCUT2D eigenvalue weighted by Gasteiger charge is 2.17. The van der Waals surface area contributed by atoms with Crippen LogP contribution in [0.4, 0.5) is 0 Å². The zero-order valence-corrected chi connectivity index (χ0v) is 11.8. The van der Waals surface area contributed by atoms with E-state index in [9.17, 15) is 4.79 Å². The topological polar surface area (TPSA) is 23.6 Å². The smallest absolute Gasteiger partial charge is 0.223 e. The van der Waals surface area contributed by atoms with E-state index in [1.54, 1.807) is 0 Å². The second-order valence-electron chi connectivity index (χ2n) is 5.24. The van der Waals surface area contributed by atoms with Crippen molar-refractivity contribution in [1.82, 2.24) is 9.80 Å². The lowest BCUT2D eigenvalue weighted by molar-refractivity contribution is -0.129. The molecule has 1 aromatic carbocycles. The average Bonchev–Trinajstić information content (AvgIpc) is 2.55. The van der Waals surface area contributed by atoms with Crippen molar-refractivity contribution in [2.24, 2.45) is 0 Å². The zero-order chi connectivity index (χ0) is 13.7. The van der Waals surface area contributed by atoms with E-state index in [0.29, 0.717) is 6.42 Å². The van der Waals surface area contributed by atoms with Crippen molar-refractivity contribution in [1.29, 1.82) is 0 Å². The van der Waals surface area contributed by atoms with Crippen molar-refractivity contribution < 1.29 is 4.79 Å². The van der Waals surface area contributed by atoms with E-state index < -0.39 is 0 Å². The molecule has 0 unspecified atom stereocenters. The summed E-state index contributed by atoms with van der Waals surface area (Å²) < 4.78 is 0. The van der Waals surface area contributed by atoms with E-state index in [0.717, 1.165) is 26.2 Å². The van der Waals surface area contributed by atoms with Crippen LogP contribution in [0.3, 0.4) is 0 Å². The van der Waals surface area contributed by atoms with Gasteiger partial charge in [-0.15, -0.1) is 0 Å². The lowest BCUT2D eigenvalue weighted by Gasteiger charge is -2.20. The molecule has 0 aromatic heterocycles. The lowest BCUT2D eigenvalue weighted by Crippen LogP contribution is -2.30. The van der Waals surface area contributed by atoms with Crippen LogP contribution in [-0.2, 0) is 4.79 Å². The number of likely N-dealkylation sites (N-methyl/N-ethyl adjacent to an activating group) is 1. The molecule has 0 spiro atoms. The van der Waals surface area contributed by atoms with Crippen LogP contribution < -0.4 is 0 Å². The van der Waals surface area contributed by atoms with Gasteiger partial charge in [-0.05, 0) is 12.5 Å². The number of hydrogen-bond acceptors (Lipinski definition) is 2. The molecule has 0 saturated carbocycles. The Hall–Kier alpha value is -1.61. The fourth-order valence-corrected chi connectivity index (χ4v) is 2.36. The van der Waals surface area contributed by atoms with E-state index in [1.807, 2.05) is 18.0 Å². The maximum absolute atomic E-state index is 11.6. The Bertz CT molecular complexity index is 453. The molecule has 0 atom stereocenters. The van der Waals surface area contributed by atoms with Gasteiger partial charge in [0.1, 0.15) is 0 Å². The standard InChI is InChI=1S/C16H22N2O/c1-14(12-15-6-4-3-5-7-15)13-18-9-8-16(19)17(2)10-11-18/h3-7,12H,8-11,13H2,1-2H3/b14-12+. The van der Waals surface area contributed by atoms with Gasteiger partial charge in [-0.25, -0.2) is 0 Å². The minimum absolute atomic E-state index is 0.257. The number of carbonyl (C=O) groups is 1. The van der Waals surface area contributed by atoms with Crippen molar-refractivity contribution >= 4 is 12.0 Å². The van der Waals surface area contributed by atoms with Gasteiger partial charge in [0.15, 0.2) is 0 Å². The first-order valence-electron chi connectivity index (χ1n) is 6.83. The molecule has 1 amide bonds. The largest absolute Gasteiger partial charge is 0.344 e. The second kappa shape index (κ2) is 6.53. The van der Waals surface area contributed by atoms with Crippen molar-refractivity contribution in [2.75, 3.05) is 33.2 Å². The summed E-state index contributed by atoms with van der Waals surface area (Å²) in [4.78, 5) is 15.8. The van der Waals surface area contributed by atoms with Crippen LogP contribution in [0.15, 0.2) is 35.9 Å². The summed E-state index contributed by atoms with van der Waals surface area (Å²) in [6.07, 6.45) is 2.85. The maximum atomic E-state index is 11.6. The summed E-state index contributed by atoms with van der Waals surface area (Å²) in [7, 11) is 1.89. The molecule has 1 aliphatic rings. The van der Waals surface area contributed by atoms with E-state index in [1.165, 1.54) is 11.1 Å². The molecule has 0 N–H and O–H groups in total. The van der Waals surface area contributed by atoms with Crippen LogP contribution in [0.1, 0.15) is 18.9 Å². The predicted octanol–water partition coefficient (Wildman–Crippen LogP) is 2.25. The monoisotopic (exact) mass is 258 g/mol. The lowest BCUT2D eigenvalue weighted by atomic mass is 10.1. The fraction of sp³-hybridized carbons (Fsp3) is 0.438. The number of benzene rings is 1. The Balaban J connectivity index is 1.94. The quantitative estimate of drug-likeness (QED) is 0.830. The molecule has 3 heteroatoms. The van der Waals surface area contributed by atoms with Crippen LogP contribution in [0.25, 0.3) is 6.08 Å². The third-order valence-electron chi connectivity index (χ3n) is 3.50. The fourth-order valence-electron chi connectivity index (χ4n) is 2.36. The number of nitrogens with zero attached hydrogens (tertiary/aromatic N) is 2. The number of hydrogen-bond donors (Lipinski definition) is 0. The zero-order valence-electron chi connectivity index (χ0n) is 11.8. The van der Waals surface area contributed by atoms with Crippen LogP contribution in [0.2, 0.25) is 0 Å². The van der Waals surface area contributed by atoms with E-state index >= 15 is 0 Å². The molecular weight excluding hydrogens is 236 g/mol. The number of amides is 1. The van der Waals surface area contributed by atoms with Gasteiger partial charge in [-0.2, -0.15) is 0 Å². The minimum atomic E-state index is 0.257. The predicted molar refractivity (Wildman–Crippen MR) is 78.8 cm³/mol.